The molecule has 1 unspecified atom stereocenters. The Morgan fingerprint density at radius 2 is 2.12 bits per heavy atom. The molecule has 5 nitrogen and oxygen atoms in total. The van der Waals surface area contributed by atoms with E-state index in [1.807, 2.05) is 17.9 Å². The summed E-state index contributed by atoms with van der Waals surface area (Å²) in [4.78, 5) is 27.2. The van der Waals surface area contributed by atoms with Crippen molar-refractivity contribution in [2.75, 3.05) is 19.7 Å². The number of likely N-dealkylation sites (tertiary alicyclic amines) is 1. The first kappa shape index (κ1) is 17.6. The van der Waals surface area contributed by atoms with Gasteiger partial charge in [0.1, 0.15) is 5.69 Å². The monoisotopic (exact) mass is 374 g/mol. The van der Waals surface area contributed by atoms with Crippen molar-refractivity contribution in [3.05, 3.63) is 23.2 Å². The molecule has 0 bridgehead atoms. The van der Waals surface area contributed by atoms with Crippen LogP contribution >= 0.6 is 11.3 Å². The SMILES string of the molecule is CCOC(=O)C1CCCN(C(=O)c2cc3sccc3n2CC2CCC2)C1. The summed E-state index contributed by atoms with van der Waals surface area (Å²) in [6.07, 6.45) is 5.47. The molecule has 26 heavy (non-hydrogen) atoms. The molecule has 1 saturated carbocycles. The van der Waals surface area contributed by atoms with E-state index in [-0.39, 0.29) is 17.8 Å². The maximum Gasteiger partial charge on any atom is 0.310 e. The van der Waals surface area contributed by atoms with Crippen LogP contribution < -0.4 is 0 Å². The average molecular weight is 375 g/mol. The number of esters is 1. The van der Waals surface area contributed by atoms with Crippen molar-refractivity contribution < 1.29 is 14.3 Å². The number of carbonyl (C=O) groups excluding carboxylic acids is 2. The third-order valence-corrected chi connectivity index (χ3v) is 6.59. The van der Waals surface area contributed by atoms with Gasteiger partial charge in [-0.1, -0.05) is 6.42 Å². The summed E-state index contributed by atoms with van der Waals surface area (Å²) in [6.45, 7) is 4.33. The Kier molecular flexibility index (Phi) is 5.02. The lowest BCUT2D eigenvalue weighted by molar-refractivity contribution is -0.149. The summed E-state index contributed by atoms with van der Waals surface area (Å²) in [7, 11) is 0. The number of fused-ring (bicyclic) bond motifs is 1. The molecule has 1 aliphatic heterocycles. The Bertz CT molecular complexity index is 805. The van der Waals surface area contributed by atoms with Crippen LogP contribution in [0.25, 0.3) is 10.2 Å². The number of hydrogen-bond donors (Lipinski definition) is 0. The van der Waals surface area contributed by atoms with Crippen LogP contribution in [-0.4, -0.2) is 41.0 Å². The van der Waals surface area contributed by atoms with E-state index in [0.717, 1.165) is 31.6 Å². The highest BCUT2D eigenvalue weighted by molar-refractivity contribution is 7.17. The fourth-order valence-electron chi connectivity index (χ4n) is 4.06. The van der Waals surface area contributed by atoms with Gasteiger partial charge in [0.2, 0.25) is 0 Å². The van der Waals surface area contributed by atoms with Gasteiger partial charge in [0.15, 0.2) is 0 Å². The van der Waals surface area contributed by atoms with Gasteiger partial charge in [-0.25, -0.2) is 0 Å². The number of hydrogen-bond acceptors (Lipinski definition) is 4. The highest BCUT2D eigenvalue weighted by Gasteiger charge is 2.32. The number of ether oxygens (including phenoxy) is 1. The summed E-state index contributed by atoms with van der Waals surface area (Å²) in [6, 6.07) is 4.15. The number of thiophene rings is 1. The highest BCUT2D eigenvalue weighted by atomic mass is 32.1. The Balaban J connectivity index is 1.56. The first-order chi connectivity index (χ1) is 12.7. The zero-order valence-electron chi connectivity index (χ0n) is 15.3. The Morgan fingerprint density at radius 1 is 1.27 bits per heavy atom. The number of piperidine rings is 1. The van der Waals surface area contributed by atoms with Gasteiger partial charge >= 0.3 is 5.97 Å². The van der Waals surface area contributed by atoms with Crippen LogP contribution in [0.3, 0.4) is 0 Å². The smallest absolute Gasteiger partial charge is 0.310 e. The Morgan fingerprint density at radius 3 is 2.85 bits per heavy atom. The maximum absolute atomic E-state index is 13.3. The minimum absolute atomic E-state index is 0.0571. The Labute approximate surface area is 157 Å². The van der Waals surface area contributed by atoms with Crippen LogP contribution in [0.2, 0.25) is 0 Å². The van der Waals surface area contributed by atoms with E-state index in [4.69, 9.17) is 4.74 Å². The van der Waals surface area contributed by atoms with Crippen molar-refractivity contribution in [3.63, 3.8) is 0 Å². The van der Waals surface area contributed by atoms with Crippen LogP contribution in [0.15, 0.2) is 17.5 Å². The van der Waals surface area contributed by atoms with E-state index in [0.29, 0.717) is 19.1 Å². The van der Waals surface area contributed by atoms with E-state index in [2.05, 4.69) is 16.0 Å². The molecule has 1 atom stereocenters. The molecule has 0 aromatic carbocycles. The summed E-state index contributed by atoms with van der Waals surface area (Å²) in [5.74, 6) is 0.382. The topological polar surface area (TPSA) is 51.5 Å². The molecular formula is C20H26N2O3S. The van der Waals surface area contributed by atoms with E-state index < -0.39 is 0 Å². The van der Waals surface area contributed by atoms with Gasteiger partial charge in [-0.15, -0.1) is 11.3 Å². The third-order valence-electron chi connectivity index (χ3n) is 5.74. The molecule has 1 saturated heterocycles. The van der Waals surface area contributed by atoms with Crippen molar-refractivity contribution in [3.8, 4) is 0 Å². The fourth-order valence-corrected chi connectivity index (χ4v) is 4.88. The summed E-state index contributed by atoms with van der Waals surface area (Å²) in [5, 5.41) is 2.09. The van der Waals surface area contributed by atoms with E-state index in [9.17, 15) is 9.59 Å². The number of carbonyl (C=O) groups is 2. The highest BCUT2D eigenvalue weighted by Crippen LogP contribution is 2.33. The van der Waals surface area contributed by atoms with E-state index in [1.165, 1.54) is 29.5 Å². The van der Waals surface area contributed by atoms with Gasteiger partial charge in [-0.3, -0.25) is 9.59 Å². The molecule has 6 heteroatoms. The predicted molar refractivity (Wildman–Crippen MR) is 102 cm³/mol. The molecule has 0 radical (unpaired) electrons. The van der Waals surface area contributed by atoms with Crippen LogP contribution in [0, 0.1) is 11.8 Å². The molecule has 2 aliphatic rings. The van der Waals surface area contributed by atoms with E-state index >= 15 is 0 Å². The van der Waals surface area contributed by atoms with Crippen LogP contribution in [0.1, 0.15) is 49.5 Å². The van der Waals surface area contributed by atoms with Crippen LogP contribution in [0.4, 0.5) is 0 Å². The van der Waals surface area contributed by atoms with Gasteiger partial charge < -0.3 is 14.2 Å². The van der Waals surface area contributed by atoms with Crippen molar-refractivity contribution in [2.45, 2.75) is 45.6 Å². The van der Waals surface area contributed by atoms with Gasteiger partial charge in [0.05, 0.1) is 22.7 Å². The van der Waals surface area contributed by atoms with Crippen molar-refractivity contribution in [2.24, 2.45) is 11.8 Å². The van der Waals surface area contributed by atoms with Crippen molar-refractivity contribution in [1.82, 2.24) is 9.47 Å². The molecule has 4 rings (SSSR count). The normalized spacial score (nSPS) is 21.0. The van der Waals surface area contributed by atoms with Crippen LogP contribution in [0.5, 0.6) is 0 Å². The summed E-state index contributed by atoms with van der Waals surface area (Å²) in [5.41, 5.74) is 1.95. The molecule has 2 fully saturated rings. The van der Waals surface area contributed by atoms with Crippen molar-refractivity contribution >= 4 is 33.4 Å². The molecule has 1 aliphatic carbocycles. The maximum atomic E-state index is 13.3. The number of nitrogens with zero attached hydrogens (tertiary/aromatic N) is 2. The van der Waals surface area contributed by atoms with Crippen LogP contribution in [-0.2, 0) is 16.1 Å². The molecular weight excluding hydrogens is 348 g/mol. The minimum atomic E-state index is -0.191. The van der Waals surface area contributed by atoms with Gasteiger partial charge in [0, 0.05) is 19.6 Å². The Hall–Kier alpha value is -1.82. The second-order valence-corrected chi connectivity index (χ2v) is 8.40. The zero-order valence-corrected chi connectivity index (χ0v) is 16.1. The third kappa shape index (κ3) is 3.27. The molecule has 1 amide bonds. The zero-order chi connectivity index (χ0) is 18.1. The number of rotatable bonds is 5. The largest absolute Gasteiger partial charge is 0.466 e. The second kappa shape index (κ2) is 7.43. The van der Waals surface area contributed by atoms with E-state index in [1.54, 1.807) is 11.3 Å². The minimum Gasteiger partial charge on any atom is -0.466 e. The predicted octanol–water partition coefficient (Wildman–Crippen LogP) is 3.92. The first-order valence-corrected chi connectivity index (χ1v) is 10.6. The quantitative estimate of drug-likeness (QED) is 0.746. The lowest BCUT2D eigenvalue weighted by Gasteiger charge is -2.32. The standard InChI is InChI=1S/C20H26N2O3S/c1-2-25-20(24)15-7-4-9-21(13-15)19(23)17-11-18-16(8-10-26-18)22(17)12-14-5-3-6-14/h8,10-11,14-15H,2-7,9,12-13H2,1H3. The van der Waals surface area contributed by atoms with Gasteiger partial charge in [-0.05, 0) is 56.0 Å². The van der Waals surface area contributed by atoms with Crippen molar-refractivity contribution in [1.29, 1.82) is 0 Å². The molecule has 2 aromatic rings. The fraction of sp³-hybridized carbons (Fsp3) is 0.600. The second-order valence-electron chi connectivity index (χ2n) is 7.45. The molecule has 140 valence electrons. The van der Waals surface area contributed by atoms with Gasteiger partial charge in [0.25, 0.3) is 5.91 Å². The molecule has 0 spiro atoms. The molecule has 2 aromatic heterocycles. The number of amides is 1. The lowest BCUT2D eigenvalue weighted by atomic mass is 9.85. The summed E-state index contributed by atoms with van der Waals surface area (Å²) < 4.78 is 8.56. The van der Waals surface area contributed by atoms with Gasteiger partial charge in [-0.2, -0.15) is 0 Å². The lowest BCUT2D eigenvalue weighted by Crippen LogP contribution is -2.43. The number of aromatic nitrogens is 1. The average Bonchev–Trinajstić information content (AvgIpc) is 3.19. The summed E-state index contributed by atoms with van der Waals surface area (Å²) >= 11 is 1.69. The molecule has 0 N–H and O–H groups in total. The first-order valence-electron chi connectivity index (χ1n) is 9.70. The molecule has 3 heterocycles.